The zero-order valence-electron chi connectivity index (χ0n) is 36.2. The van der Waals surface area contributed by atoms with Gasteiger partial charge in [0.05, 0.1) is 63.5 Å². The van der Waals surface area contributed by atoms with E-state index in [4.69, 9.17) is 18.9 Å². The van der Waals surface area contributed by atoms with Crippen LogP contribution in [-0.2, 0) is 19.2 Å². The van der Waals surface area contributed by atoms with Crippen LogP contribution in [0.3, 0.4) is 0 Å². The van der Waals surface area contributed by atoms with Crippen molar-refractivity contribution in [3.05, 3.63) is 148 Å². The van der Waals surface area contributed by atoms with Crippen molar-refractivity contribution in [1.82, 2.24) is 0 Å². The lowest BCUT2D eigenvalue weighted by Gasteiger charge is -2.44. The molecule has 0 aromatic heterocycles. The summed E-state index contributed by atoms with van der Waals surface area (Å²) in [5, 5.41) is 10.5. The molecule has 4 aliphatic rings. The molecule has 9 rings (SSSR count). The average molecular weight is 857 g/mol. The van der Waals surface area contributed by atoms with Crippen molar-refractivity contribution in [3.8, 4) is 28.7 Å². The van der Waals surface area contributed by atoms with Gasteiger partial charge in [-0.1, -0.05) is 72.4 Å². The summed E-state index contributed by atoms with van der Waals surface area (Å²) in [7, 11) is 6.43. The van der Waals surface area contributed by atoms with Crippen molar-refractivity contribution in [1.29, 1.82) is 0 Å². The molecule has 2 aliphatic carbocycles. The number of methoxy groups -OCH3 is 4. The molecular weight excluding hydrogens is 809 g/mol. The number of benzene rings is 5. The Kier molecular flexibility index (Phi) is 11.2. The molecule has 0 unspecified atom stereocenters. The second kappa shape index (κ2) is 17.0. The fraction of sp³-hybridized carbons (Fsp3) is 0.245. The number of amides is 4. The van der Waals surface area contributed by atoms with E-state index >= 15 is 0 Å². The lowest BCUT2D eigenvalue weighted by molar-refractivity contribution is -0.126. The number of rotatable bonds is 11. The predicted molar refractivity (Wildman–Crippen MR) is 245 cm³/mol. The number of fused-ring (bicyclic) bond motifs is 4. The Balaban J connectivity index is 1.000. The lowest BCUT2D eigenvalue weighted by atomic mass is 9.57. The van der Waals surface area contributed by atoms with E-state index in [9.17, 15) is 24.3 Å². The van der Waals surface area contributed by atoms with Gasteiger partial charge in [0.1, 0.15) is 28.7 Å². The lowest BCUT2D eigenvalue weighted by Crippen LogP contribution is -2.43. The maximum Gasteiger partial charge on any atom is 0.238 e. The van der Waals surface area contributed by atoms with E-state index in [2.05, 4.69) is 0 Å². The number of aromatic hydroxyl groups is 1. The molecule has 0 bridgehead atoms. The standard InChI is InChI=1S/C53H48N2O9/c1-30-26-35(14-23-44(30)56)47-40-21-22-41-48(52(59)54(50(41)57)36-15-8-31(9-16-36)6-12-33-27-38(61-2)19-24-45(33)63-4)42(40)29-43-49(47)53(60)55(51(43)58)37-17-10-32(11-18-37)7-13-34-28-39(62-3)20-25-46(34)64-5/h6-21,23-28,41-43,47-49,56H,22,29H2,1-5H3/t41-,42+,43+,47-,48-,49+/m0/s1. The number of hydrogen-bond donors (Lipinski definition) is 1. The Bertz CT molecular complexity index is 2770. The first kappa shape index (κ1) is 41.9. The minimum atomic E-state index is -0.739. The van der Waals surface area contributed by atoms with Gasteiger partial charge < -0.3 is 24.1 Å². The van der Waals surface area contributed by atoms with Crippen molar-refractivity contribution in [3.63, 3.8) is 0 Å². The fourth-order valence-corrected chi connectivity index (χ4v) is 10.1. The van der Waals surface area contributed by atoms with E-state index in [0.29, 0.717) is 46.4 Å². The zero-order valence-corrected chi connectivity index (χ0v) is 36.2. The number of phenolic OH excluding ortho intramolecular Hbond substituents is 1. The van der Waals surface area contributed by atoms with Crippen molar-refractivity contribution >= 4 is 59.3 Å². The monoisotopic (exact) mass is 856 g/mol. The summed E-state index contributed by atoms with van der Waals surface area (Å²) in [4.78, 5) is 60.9. The molecule has 3 fully saturated rings. The van der Waals surface area contributed by atoms with Crippen molar-refractivity contribution in [2.75, 3.05) is 38.2 Å². The molecule has 64 heavy (non-hydrogen) atoms. The summed E-state index contributed by atoms with van der Waals surface area (Å²) in [6.07, 6.45) is 10.3. The third kappa shape index (κ3) is 7.30. The number of ether oxygens (including phenoxy) is 4. The highest BCUT2D eigenvalue weighted by Gasteiger charge is 2.62. The molecular formula is C53H48N2O9. The van der Waals surface area contributed by atoms with E-state index in [1.807, 2.05) is 97.1 Å². The first-order valence-electron chi connectivity index (χ1n) is 21.3. The van der Waals surface area contributed by atoms with E-state index in [1.165, 1.54) is 9.80 Å². The molecule has 2 heterocycles. The van der Waals surface area contributed by atoms with Gasteiger partial charge in [0.15, 0.2) is 0 Å². The number of anilines is 2. The molecule has 0 radical (unpaired) electrons. The van der Waals surface area contributed by atoms with Gasteiger partial charge in [-0.2, -0.15) is 0 Å². The normalized spacial score (nSPS) is 22.7. The van der Waals surface area contributed by atoms with Crippen LogP contribution in [0.4, 0.5) is 11.4 Å². The number of allylic oxidation sites excluding steroid dienone is 2. The Morgan fingerprint density at radius 2 is 1.06 bits per heavy atom. The molecule has 2 saturated heterocycles. The molecule has 5 aromatic rings. The molecule has 11 nitrogen and oxygen atoms in total. The second-order valence-corrected chi connectivity index (χ2v) is 16.7. The summed E-state index contributed by atoms with van der Waals surface area (Å²) in [5.74, 6) is -2.14. The third-order valence-corrected chi connectivity index (χ3v) is 13.3. The summed E-state index contributed by atoms with van der Waals surface area (Å²) < 4.78 is 21.8. The summed E-state index contributed by atoms with van der Waals surface area (Å²) >= 11 is 0. The molecule has 0 spiro atoms. The number of hydrogen-bond acceptors (Lipinski definition) is 9. The molecule has 11 heteroatoms. The molecule has 1 saturated carbocycles. The van der Waals surface area contributed by atoms with E-state index in [0.717, 1.165) is 33.4 Å². The van der Waals surface area contributed by atoms with Gasteiger partial charge in [-0.25, -0.2) is 0 Å². The van der Waals surface area contributed by atoms with Crippen molar-refractivity contribution in [2.24, 2.45) is 29.6 Å². The highest BCUT2D eigenvalue weighted by molar-refractivity contribution is 6.24. The highest BCUT2D eigenvalue weighted by atomic mass is 16.5. The Labute approximate surface area is 371 Å². The minimum absolute atomic E-state index is 0.119. The maximum absolute atomic E-state index is 14.7. The average Bonchev–Trinajstić information content (AvgIpc) is 3.73. The Hall–Kier alpha value is -7.40. The van der Waals surface area contributed by atoms with Crippen LogP contribution in [0.25, 0.3) is 24.3 Å². The maximum atomic E-state index is 14.7. The largest absolute Gasteiger partial charge is 0.508 e. The van der Waals surface area contributed by atoms with Gasteiger partial charge >= 0.3 is 0 Å². The first-order chi connectivity index (χ1) is 31.0. The first-order valence-corrected chi connectivity index (χ1v) is 21.3. The van der Waals surface area contributed by atoms with Crippen molar-refractivity contribution < 1.29 is 43.2 Å². The van der Waals surface area contributed by atoms with Crippen LogP contribution in [0, 0.1) is 36.5 Å². The smallest absolute Gasteiger partial charge is 0.238 e. The van der Waals surface area contributed by atoms with Gasteiger partial charge in [-0.3, -0.25) is 29.0 Å². The number of nitrogens with zero attached hydrogens (tertiary/aromatic N) is 2. The highest BCUT2D eigenvalue weighted by Crippen LogP contribution is 2.58. The molecule has 6 atom stereocenters. The topological polar surface area (TPSA) is 132 Å². The molecule has 2 aliphatic heterocycles. The minimum Gasteiger partial charge on any atom is -0.508 e. The van der Waals surface area contributed by atoms with E-state index < -0.39 is 35.5 Å². The fourth-order valence-electron chi connectivity index (χ4n) is 10.1. The van der Waals surface area contributed by atoms with E-state index in [-0.39, 0.29) is 35.8 Å². The molecule has 324 valence electrons. The number of carbonyl (C=O) groups is 4. The summed E-state index contributed by atoms with van der Waals surface area (Å²) in [5.41, 5.74) is 6.59. The Morgan fingerprint density at radius 1 is 0.547 bits per heavy atom. The van der Waals surface area contributed by atoms with Crippen LogP contribution < -0.4 is 28.7 Å². The van der Waals surface area contributed by atoms with Gasteiger partial charge in [0.2, 0.25) is 23.6 Å². The third-order valence-electron chi connectivity index (χ3n) is 13.3. The van der Waals surface area contributed by atoms with Crippen LogP contribution in [-0.4, -0.2) is 57.2 Å². The molecule has 4 amide bonds. The van der Waals surface area contributed by atoms with Gasteiger partial charge in [-0.15, -0.1) is 0 Å². The Morgan fingerprint density at radius 3 is 1.56 bits per heavy atom. The van der Waals surface area contributed by atoms with Crippen LogP contribution in [0.2, 0.25) is 0 Å². The van der Waals surface area contributed by atoms with E-state index in [1.54, 1.807) is 71.8 Å². The van der Waals surface area contributed by atoms with Crippen molar-refractivity contribution in [2.45, 2.75) is 25.7 Å². The number of imide groups is 2. The molecule has 5 aromatic carbocycles. The number of phenols is 1. The SMILES string of the molecule is COc1ccc(OC)c(C=Cc2ccc(N3C(=O)[C@H]4[C@H](CC=C5[C@H]4C[C@H]4C(=O)N(c6ccc(C=Cc7cc(OC)ccc7OC)cc6)C(=O)[C@H]4[C@H]5c4ccc(O)c(C)c4)C3=O)cc2)c1. The number of carbonyl (C=O) groups excluding carboxylic acids is 4. The quantitative estimate of drug-likeness (QED) is 0.0785. The van der Waals surface area contributed by atoms with Crippen LogP contribution in [0.5, 0.6) is 28.7 Å². The molecule has 1 N–H and O–H groups in total. The zero-order chi connectivity index (χ0) is 44.8. The van der Waals surface area contributed by atoms with Gasteiger partial charge in [-0.05, 0) is 115 Å². The van der Waals surface area contributed by atoms with Crippen LogP contribution in [0.15, 0.2) is 115 Å². The van der Waals surface area contributed by atoms with Crippen LogP contribution in [0.1, 0.15) is 52.1 Å². The van der Waals surface area contributed by atoms with Gasteiger partial charge in [0, 0.05) is 17.0 Å². The number of aryl methyl sites for hydroxylation is 1. The summed E-state index contributed by atoms with van der Waals surface area (Å²) in [6, 6.07) is 30.9. The summed E-state index contributed by atoms with van der Waals surface area (Å²) in [6.45, 7) is 1.80. The van der Waals surface area contributed by atoms with Crippen LogP contribution >= 0.6 is 0 Å². The second-order valence-electron chi connectivity index (χ2n) is 16.7. The predicted octanol–water partition coefficient (Wildman–Crippen LogP) is 9.12. The van der Waals surface area contributed by atoms with Gasteiger partial charge in [0.25, 0.3) is 0 Å².